The summed E-state index contributed by atoms with van der Waals surface area (Å²) in [5.74, 6) is -1.08. The lowest BCUT2D eigenvalue weighted by atomic mass is 10.0. The van der Waals surface area contributed by atoms with Gasteiger partial charge in [-0.3, -0.25) is 14.4 Å². The first kappa shape index (κ1) is 15.2. The topological polar surface area (TPSA) is 49.8 Å². The van der Waals surface area contributed by atoms with E-state index in [1.54, 1.807) is 6.92 Å². The summed E-state index contributed by atoms with van der Waals surface area (Å²) in [4.78, 5) is 12.3. The first-order chi connectivity index (χ1) is 7.11. The molecule has 16 heavy (non-hydrogen) atoms. The Balaban J connectivity index is 4.27. The van der Waals surface area contributed by atoms with Gasteiger partial charge < -0.3 is 5.11 Å². The van der Waals surface area contributed by atoms with E-state index in [1.807, 2.05) is 0 Å². The van der Waals surface area contributed by atoms with Gasteiger partial charge in [-0.1, -0.05) is 6.92 Å². The van der Waals surface area contributed by atoms with Crippen molar-refractivity contribution in [1.82, 2.24) is 4.90 Å². The quantitative estimate of drug-likeness (QED) is 0.771. The second-order valence-corrected chi connectivity index (χ2v) is 3.74. The number of hydrogen-bond acceptors (Lipinski definition) is 3. The van der Waals surface area contributed by atoms with Gasteiger partial charge in [-0.25, -0.2) is 0 Å². The van der Waals surface area contributed by atoms with E-state index in [-0.39, 0.29) is 6.54 Å². The molecule has 0 saturated heterocycles. The number of hydrogen-bond donors (Lipinski definition) is 1. The lowest BCUT2D eigenvalue weighted by molar-refractivity contribution is -0.325. The number of halogens is 3. The summed E-state index contributed by atoms with van der Waals surface area (Å²) in [7, 11) is 0. The van der Waals surface area contributed by atoms with Gasteiger partial charge in [0, 0.05) is 6.54 Å². The Hall–Kier alpha value is -0.820. The van der Waals surface area contributed by atoms with Gasteiger partial charge in [-0.2, -0.15) is 0 Å². The van der Waals surface area contributed by atoms with Gasteiger partial charge in [0.1, 0.15) is 5.54 Å². The fourth-order valence-corrected chi connectivity index (χ4v) is 1.24. The van der Waals surface area contributed by atoms with Crippen LogP contribution in [0.1, 0.15) is 20.8 Å². The second kappa shape index (κ2) is 5.49. The minimum absolute atomic E-state index is 0.0880. The van der Waals surface area contributed by atoms with Crippen LogP contribution in [0.25, 0.3) is 0 Å². The first-order valence-electron chi connectivity index (χ1n) is 4.80. The molecular weight excluding hydrogens is 227 g/mol. The summed E-state index contributed by atoms with van der Waals surface area (Å²) in [5, 5.41) is 8.90. The van der Waals surface area contributed by atoms with Crippen molar-refractivity contribution in [3.63, 3.8) is 0 Å². The Morgan fingerprint density at radius 3 is 2.19 bits per heavy atom. The van der Waals surface area contributed by atoms with Crippen molar-refractivity contribution >= 4 is 5.97 Å². The van der Waals surface area contributed by atoms with Crippen LogP contribution in [0.4, 0.5) is 13.2 Å². The maximum Gasteiger partial charge on any atom is 0.522 e. The molecule has 0 fully saturated rings. The van der Waals surface area contributed by atoms with Crippen molar-refractivity contribution in [2.45, 2.75) is 32.7 Å². The molecule has 0 atom stereocenters. The summed E-state index contributed by atoms with van der Waals surface area (Å²) in [6.07, 6.45) is -4.67. The minimum Gasteiger partial charge on any atom is -0.480 e. The van der Waals surface area contributed by atoms with Crippen molar-refractivity contribution in [2.24, 2.45) is 0 Å². The van der Waals surface area contributed by atoms with Crippen LogP contribution in [0.2, 0.25) is 0 Å². The van der Waals surface area contributed by atoms with E-state index < -0.39 is 24.5 Å². The zero-order valence-corrected chi connectivity index (χ0v) is 9.47. The predicted octanol–water partition coefficient (Wildman–Crippen LogP) is 1.71. The van der Waals surface area contributed by atoms with E-state index in [9.17, 15) is 18.0 Å². The third-order valence-electron chi connectivity index (χ3n) is 2.32. The highest BCUT2D eigenvalue weighted by molar-refractivity contribution is 5.77. The number of alkyl halides is 3. The van der Waals surface area contributed by atoms with Gasteiger partial charge in [-0.05, 0) is 20.4 Å². The molecule has 0 aromatic carbocycles. The molecule has 0 rings (SSSR count). The van der Waals surface area contributed by atoms with E-state index in [0.717, 1.165) is 0 Å². The maximum atomic E-state index is 11.7. The number of ether oxygens (including phenoxy) is 1. The van der Waals surface area contributed by atoms with Gasteiger partial charge in [0.25, 0.3) is 0 Å². The molecule has 0 aromatic heterocycles. The lowest BCUT2D eigenvalue weighted by Gasteiger charge is -2.33. The van der Waals surface area contributed by atoms with E-state index in [4.69, 9.17) is 5.11 Å². The van der Waals surface area contributed by atoms with E-state index in [2.05, 4.69) is 4.74 Å². The molecule has 0 aromatic rings. The highest BCUT2D eigenvalue weighted by atomic mass is 19.4. The molecular formula is C9H16F3NO3. The van der Waals surface area contributed by atoms with Crippen molar-refractivity contribution in [1.29, 1.82) is 0 Å². The van der Waals surface area contributed by atoms with Crippen LogP contribution in [-0.2, 0) is 9.53 Å². The minimum atomic E-state index is -4.67. The fraction of sp³-hybridized carbons (Fsp3) is 0.889. The van der Waals surface area contributed by atoms with Gasteiger partial charge in [0.05, 0.1) is 6.61 Å². The van der Waals surface area contributed by atoms with Gasteiger partial charge in [-0.15, -0.1) is 13.2 Å². The number of rotatable bonds is 6. The molecule has 0 unspecified atom stereocenters. The average Bonchev–Trinajstić information content (AvgIpc) is 2.10. The van der Waals surface area contributed by atoms with Crippen molar-refractivity contribution in [3.8, 4) is 0 Å². The molecule has 0 spiro atoms. The number of carbonyl (C=O) groups is 1. The molecule has 0 aliphatic carbocycles. The zero-order valence-electron chi connectivity index (χ0n) is 9.47. The van der Waals surface area contributed by atoms with Crippen LogP contribution < -0.4 is 0 Å². The lowest BCUT2D eigenvalue weighted by Crippen LogP contribution is -2.51. The number of carboxylic acid groups (broad SMARTS) is 1. The maximum absolute atomic E-state index is 11.7. The van der Waals surface area contributed by atoms with Gasteiger partial charge >= 0.3 is 12.3 Å². The molecule has 0 heterocycles. The number of likely N-dealkylation sites (N-methyl/N-ethyl adjacent to an activating group) is 1. The summed E-state index contributed by atoms with van der Waals surface area (Å²) in [5.41, 5.74) is -1.20. The SMILES string of the molecule is CCN(CCOC(F)(F)F)C(C)(C)C(=O)O. The van der Waals surface area contributed by atoms with Crippen LogP contribution >= 0.6 is 0 Å². The highest BCUT2D eigenvalue weighted by Crippen LogP contribution is 2.18. The summed E-state index contributed by atoms with van der Waals surface area (Å²) >= 11 is 0. The summed E-state index contributed by atoms with van der Waals surface area (Å²) < 4.78 is 38.7. The fourth-order valence-electron chi connectivity index (χ4n) is 1.24. The van der Waals surface area contributed by atoms with Crippen LogP contribution in [0.3, 0.4) is 0 Å². The number of aliphatic carboxylic acids is 1. The Bertz CT molecular complexity index is 241. The molecule has 0 bridgehead atoms. The standard InChI is InChI=1S/C9H16F3NO3/c1-4-13(8(2,3)7(14)15)5-6-16-9(10,11)12/h4-6H2,1-3H3,(H,14,15). The van der Waals surface area contributed by atoms with Crippen LogP contribution in [0, 0.1) is 0 Å². The van der Waals surface area contributed by atoms with Crippen molar-refractivity contribution < 1.29 is 27.8 Å². The highest BCUT2D eigenvalue weighted by Gasteiger charge is 2.35. The average molecular weight is 243 g/mol. The molecule has 0 aliphatic heterocycles. The van der Waals surface area contributed by atoms with Crippen LogP contribution in [-0.4, -0.2) is 47.6 Å². The summed E-state index contributed by atoms with van der Waals surface area (Å²) in [6, 6.07) is 0. The van der Waals surface area contributed by atoms with Crippen molar-refractivity contribution in [3.05, 3.63) is 0 Å². The molecule has 0 aliphatic rings. The molecule has 1 N–H and O–H groups in total. The molecule has 4 nitrogen and oxygen atoms in total. The second-order valence-electron chi connectivity index (χ2n) is 3.74. The van der Waals surface area contributed by atoms with Crippen LogP contribution in [0.5, 0.6) is 0 Å². The predicted molar refractivity (Wildman–Crippen MR) is 51.0 cm³/mol. The Morgan fingerprint density at radius 2 is 1.88 bits per heavy atom. The third kappa shape index (κ3) is 4.80. The monoisotopic (exact) mass is 243 g/mol. The molecule has 0 amide bonds. The van der Waals surface area contributed by atoms with E-state index in [0.29, 0.717) is 6.54 Å². The smallest absolute Gasteiger partial charge is 0.480 e. The first-order valence-corrected chi connectivity index (χ1v) is 4.80. The van der Waals surface area contributed by atoms with Gasteiger partial charge in [0.15, 0.2) is 0 Å². The summed E-state index contributed by atoms with van der Waals surface area (Å²) in [6.45, 7) is 4.22. The number of nitrogens with zero attached hydrogens (tertiary/aromatic N) is 1. The van der Waals surface area contributed by atoms with Gasteiger partial charge in [0.2, 0.25) is 0 Å². The van der Waals surface area contributed by atoms with E-state index >= 15 is 0 Å². The molecule has 0 radical (unpaired) electrons. The van der Waals surface area contributed by atoms with E-state index in [1.165, 1.54) is 18.7 Å². The zero-order chi connectivity index (χ0) is 13.0. The Labute approximate surface area is 92.0 Å². The molecule has 7 heteroatoms. The largest absolute Gasteiger partial charge is 0.522 e. The Kier molecular flexibility index (Phi) is 5.21. The molecule has 96 valence electrons. The Morgan fingerprint density at radius 1 is 1.38 bits per heavy atom. The third-order valence-corrected chi connectivity index (χ3v) is 2.32. The van der Waals surface area contributed by atoms with Crippen LogP contribution in [0.15, 0.2) is 0 Å². The number of carboxylic acids is 1. The molecule has 0 saturated carbocycles. The normalized spacial score (nSPS) is 13.2. The van der Waals surface area contributed by atoms with Crippen molar-refractivity contribution in [2.75, 3.05) is 19.7 Å².